The smallest absolute Gasteiger partial charge is 0.284 e. The quantitative estimate of drug-likeness (QED) is 0.358. The van der Waals surface area contributed by atoms with Gasteiger partial charge in [0, 0.05) is 22.7 Å². The van der Waals surface area contributed by atoms with Crippen molar-refractivity contribution in [2.45, 2.75) is 25.2 Å². The Hall–Kier alpha value is -2.87. The van der Waals surface area contributed by atoms with Crippen LogP contribution in [-0.4, -0.2) is 29.9 Å². The van der Waals surface area contributed by atoms with Crippen molar-refractivity contribution in [3.05, 3.63) is 79.0 Å². The van der Waals surface area contributed by atoms with E-state index >= 15 is 0 Å². The predicted molar refractivity (Wildman–Crippen MR) is 125 cm³/mol. The number of rotatable bonds is 4. The van der Waals surface area contributed by atoms with Crippen LogP contribution in [0.2, 0.25) is 15.1 Å². The summed E-state index contributed by atoms with van der Waals surface area (Å²) in [5.74, 6) is 1.15. The molecule has 32 heavy (non-hydrogen) atoms. The van der Waals surface area contributed by atoms with Crippen LogP contribution >= 0.6 is 34.8 Å². The highest BCUT2D eigenvalue weighted by Crippen LogP contribution is 2.44. The van der Waals surface area contributed by atoms with E-state index in [4.69, 9.17) is 39.8 Å². The average Bonchev–Trinajstić information content (AvgIpc) is 3.35. The van der Waals surface area contributed by atoms with Crippen molar-refractivity contribution in [2.75, 3.05) is 0 Å². The molecule has 0 atom stereocenters. The molecule has 2 aliphatic heterocycles. The van der Waals surface area contributed by atoms with Crippen molar-refractivity contribution in [2.24, 2.45) is 0 Å². The molecule has 2 N–H and O–H groups in total. The molecule has 1 fully saturated rings. The third-order valence-corrected chi connectivity index (χ3v) is 6.47. The molecular formula is C22H15Cl3N6O. The Morgan fingerprint density at radius 2 is 1.84 bits per heavy atom. The normalized spacial score (nSPS) is 14.0. The van der Waals surface area contributed by atoms with E-state index in [0.29, 0.717) is 44.4 Å². The standard InChI is InChI=1S/C22H15Cl3N6O/c23-13-7-14(24)20(15(25)8-13)31-21-18(19(30-31)11-2-3-11)22(32)28-17(27-21)6-10-1-4-16-12(5-10)9-26-29-16/h1,4-5,7-9,11,30H,2-3,6H2,(H,26,29). The summed E-state index contributed by atoms with van der Waals surface area (Å²) < 4.78 is 1.68. The Bertz CT molecular complexity index is 1510. The lowest BCUT2D eigenvalue weighted by molar-refractivity contribution is 0.824. The number of H-pyrrole nitrogens is 2. The van der Waals surface area contributed by atoms with E-state index in [-0.39, 0.29) is 11.5 Å². The van der Waals surface area contributed by atoms with E-state index in [1.807, 2.05) is 18.2 Å². The summed E-state index contributed by atoms with van der Waals surface area (Å²) in [6.07, 6.45) is 4.17. The first kappa shape index (κ1) is 19.8. The molecule has 0 unspecified atom stereocenters. The largest absolute Gasteiger partial charge is 0.295 e. The van der Waals surface area contributed by atoms with Gasteiger partial charge < -0.3 is 0 Å². The van der Waals surface area contributed by atoms with Gasteiger partial charge in [-0.2, -0.15) is 10.1 Å². The van der Waals surface area contributed by atoms with Gasteiger partial charge in [0.25, 0.3) is 5.56 Å². The first-order valence-electron chi connectivity index (χ1n) is 10.1. The Morgan fingerprint density at radius 1 is 1.06 bits per heavy atom. The first-order chi connectivity index (χ1) is 15.5. The van der Waals surface area contributed by atoms with Crippen LogP contribution in [0.5, 0.6) is 0 Å². The zero-order valence-electron chi connectivity index (χ0n) is 16.5. The summed E-state index contributed by atoms with van der Waals surface area (Å²) in [5.41, 5.74) is 3.40. The Morgan fingerprint density at radius 3 is 2.59 bits per heavy atom. The number of nitrogens with zero attached hydrogens (tertiary/aromatic N) is 4. The van der Waals surface area contributed by atoms with Crippen molar-refractivity contribution in [1.29, 1.82) is 0 Å². The Kier molecular flexibility index (Phi) is 4.54. The van der Waals surface area contributed by atoms with Crippen LogP contribution in [0.1, 0.15) is 35.8 Å². The van der Waals surface area contributed by atoms with Gasteiger partial charge >= 0.3 is 0 Å². The van der Waals surface area contributed by atoms with Crippen LogP contribution in [0, 0.1) is 0 Å². The number of aromatic amines is 2. The van der Waals surface area contributed by atoms with Gasteiger partial charge in [-0.25, -0.2) is 9.67 Å². The third kappa shape index (κ3) is 3.28. The van der Waals surface area contributed by atoms with Crippen molar-refractivity contribution < 1.29 is 0 Å². The second-order valence-electron chi connectivity index (χ2n) is 7.97. The first-order valence-corrected chi connectivity index (χ1v) is 11.2. The molecular weight excluding hydrogens is 471 g/mol. The van der Waals surface area contributed by atoms with Crippen molar-refractivity contribution in [3.8, 4) is 17.1 Å². The minimum atomic E-state index is -0.313. The molecule has 3 aromatic rings. The highest BCUT2D eigenvalue weighted by atomic mass is 35.5. The van der Waals surface area contributed by atoms with E-state index in [2.05, 4.69) is 20.3 Å². The molecule has 0 spiro atoms. The fourth-order valence-corrected chi connectivity index (χ4v) is 5.03. The van der Waals surface area contributed by atoms with Crippen molar-refractivity contribution >= 4 is 45.7 Å². The Balaban J connectivity index is 1.52. The maximum absolute atomic E-state index is 13.1. The van der Waals surface area contributed by atoms with E-state index in [1.54, 1.807) is 23.0 Å². The molecule has 160 valence electrons. The highest BCUT2D eigenvalue weighted by molar-refractivity contribution is 6.40. The molecule has 1 aromatic heterocycles. The minimum Gasteiger partial charge on any atom is -0.295 e. The molecule has 1 aliphatic carbocycles. The summed E-state index contributed by atoms with van der Waals surface area (Å²) in [6.45, 7) is 0. The fraction of sp³-hybridized carbons (Fsp3) is 0.182. The summed E-state index contributed by atoms with van der Waals surface area (Å²) in [7, 11) is 0. The zero-order valence-corrected chi connectivity index (χ0v) is 18.8. The number of hydrogen-bond donors (Lipinski definition) is 2. The van der Waals surface area contributed by atoms with Gasteiger partial charge in [-0.1, -0.05) is 40.9 Å². The van der Waals surface area contributed by atoms with Gasteiger partial charge in [-0.15, -0.1) is 0 Å². The molecule has 3 aliphatic rings. The monoisotopic (exact) mass is 484 g/mol. The number of aromatic nitrogens is 6. The second-order valence-corrected chi connectivity index (χ2v) is 9.22. The maximum atomic E-state index is 13.1. The predicted octanol–water partition coefficient (Wildman–Crippen LogP) is 5.37. The second kappa shape index (κ2) is 7.33. The van der Waals surface area contributed by atoms with Crippen LogP contribution < -0.4 is 5.56 Å². The minimum absolute atomic E-state index is 0.272. The van der Waals surface area contributed by atoms with Gasteiger partial charge in [0.2, 0.25) is 0 Å². The van der Waals surface area contributed by atoms with E-state index in [1.165, 1.54) is 0 Å². The number of benzene rings is 2. The van der Waals surface area contributed by atoms with Crippen molar-refractivity contribution in [1.82, 2.24) is 29.9 Å². The number of hydrogen-bond acceptors (Lipinski definition) is 4. The lowest BCUT2D eigenvalue weighted by Gasteiger charge is -2.11. The van der Waals surface area contributed by atoms with Gasteiger partial charge in [0.15, 0.2) is 5.82 Å². The molecule has 6 rings (SSSR count). The van der Waals surface area contributed by atoms with Crippen LogP contribution in [0.3, 0.4) is 0 Å². The summed E-state index contributed by atoms with van der Waals surface area (Å²) in [5, 5.41) is 12.4. The molecule has 2 aromatic carbocycles. The van der Waals surface area contributed by atoms with E-state index in [0.717, 1.165) is 35.0 Å². The number of fused-ring (bicyclic) bond motifs is 2. The van der Waals surface area contributed by atoms with Crippen LogP contribution in [0.4, 0.5) is 0 Å². The molecule has 0 amide bonds. The summed E-state index contributed by atoms with van der Waals surface area (Å²) in [4.78, 5) is 22.1. The van der Waals surface area contributed by atoms with E-state index < -0.39 is 0 Å². The number of halogens is 3. The van der Waals surface area contributed by atoms with Crippen molar-refractivity contribution in [3.63, 3.8) is 0 Å². The molecule has 3 heterocycles. The van der Waals surface area contributed by atoms with Gasteiger partial charge in [0.1, 0.15) is 17.1 Å². The highest BCUT2D eigenvalue weighted by Gasteiger charge is 2.34. The van der Waals surface area contributed by atoms with Gasteiger partial charge in [-0.05, 0) is 42.7 Å². The average molecular weight is 486 g/mol. The molecule has 0 radical (unpaired) electrons. The molecule has 10 heteroatoms. The Labute approximate surface area is 196 Å². The SMILES string of the molecule is O=c1nc(Cc2ccc3[nH]ncc3c2)nc2n(-c3c(Cl)cc(Cl)cc3Cl)[nH]c(C3CC3)c1-2. The van der Waals surface area contributed by atoms with Gasteiger partial charge in [0.05, 0.1) is 27.5 Å². The van der Waals surface area contributed by atoms with Crippen LogP contribution in [0.15, 0.2) is 41.3 Å². The lowest BCUT2D eigenvalue weighted by Crippen LogP contribution is -2.17. The van der Waals surface area contributed by atoms with Crippen LogP contribution in [-0.2, 0) is 6.42 Å². The van der Waals surface area contributed by atoms with E-state index in [9.17, 15) is 4.79 Å². The fourth-order valence-electron chi connectivity index (χ4n) is 4.04. The maximum Gasteiger partial charge on any atom is 0.284 e. The third-order valence-electron chi connectivity index (χ3n) is 5.67. The zero-order chi connectivity index (χ0) is 22.0. The number of nitrogens with one attached hydrogen (secondary N) is 2. The summed E-state index contributed by atoms with van der Waals surface area (Å²) >= 11 is 19.1. The molecule has 7 nitrogen and oxygen atoms in total. The molecule has 1 saturated carbocycles. The topological polar surface area (TPSA) is 92.2 Å². The molecule has 0 saturated heterocycles. The van der Waals surface area contributed by atoms with Crippen LogP contribution in [0.25, 0.3) is 28.0 Å². The molecule has 0 bridgehead atoms. The van der Waals surface area contributed by atoms with Gasteiger partial charge in [-0.3, -0.25) is 15.0 Å². The lowest BCUT2D eigenvalue weighted by atomic mass is 10.1. The summed E-state index contributed by atoms with van der Waals surface area (Å²) in [6, 6.07) is 9.14.